The summed E-state index contributed by atoms with van der Waals surface area (Å²) in [5, 5.41) is 271. The number of methoxy groups -OCH3 is 1. The molecule has 9 saturated heterocycles. The molecule has 46 nitrogen and oxygen atoms in total. The first kappa shape index (κ1) is 86.2. The lowest BCUT2D eigenvalue weighted by Gasteiger charge is -2.52. The standard InChI is InChI=1S/C59H100N2O44/c1-13-26(68)35(77)43(85)55(92-13)105-50-47(103-56-44(86)38(80)30(72)19(8-64)97-56)33(75)23(12-91-57-49(104-58-48(88-5)39(81)27(69)14(2)93-58)40(82)31(73)21(99-57)10-89-53-41(83)36(78)28(70)17(6-62)95-53)100-59(50)102-46-25(61-16(4)67)52(101-45-20(9-65)94-51(87)24(34(45)76)60-15(3)66)98-22(32(46)74)11-90-54-42(84)37(79)29(71)18(7-63)96-54/h13-14,17-59,62-65,68-87H,6-12H2,1-5H3,(H,60,66)(H,61,67)/t13-,14-,17+,18+,19+,20+,21+,22+,23+,24+,25-,26+,27+,28-,29+,30-,31-,32-,33-,34+,35+,36-,37-,38-,39+,40-,41+,42+,43-,44+,45+,46+,47-,48-,49+,50+,51-,52-,53+,54+,55-,56-,57+,58-,59-/m0/s1. The molecule has 9 aliphatic rings. The van der Waals surface area contributed by atoms with E-state index in [0.29, 0.717) is 0 Å². The fourth-order valence-electron chi connectivity index (χ4n) is 13.5. The van der Waals surface area contributed by atoms with Gasteiger partial charge in [0.05, 0.1) is 58.5 Å². The van der Waals surface area contributed by atoms with Gasteiger partial charge in [-0.3, -0.25) is 9.59 Å². The molecule has 0 aromatic heterocycles. The molecular formula is C59H100N2O44. The lowest BCUT2D eigenvalue weighted by atomic mass is 9.93. The molecule has 2 amide bonds. The van der Waals surface area contributed by atoms with Crippen molar-refractivity contribution in [2.24, 2.45) is 0 Å². The number of rotatable bonds is 26. The third kappa shape index (κ3) is 18.8. The van der Waals surface area contributed by atoms with Crippen LogP contribution in [0.15, 0.2) is 0 Å². The number of carbonyl (C=O) groups excluding carboxylic acids is 2. The number of aliphatic hydroxyl groups excluding tert-OH is 24. The van der Waals surface area contributed by atoms with E-state index in [2.05, 4.69) is 10.6 Å². The molecule has 9 fully saturated rings. The van der Waals surface area contributed by atoms with E-state index < -0.39 is 334 Å². The van der Waals surface area contributed by atoms with Gasteiger partial charge in [0, 0.05) is 21.0 Å². The third-order valence-electron chi connectivity index (χ3n) is 19.7. The molecule has 9 aliphatic heterocycles. The Morgan fingerprint density at radius 2 is 0.619 bits per heavy atom. The number of hydrogen-bond donors (Lipinski definition) is 26. The largest absolute Gasteiger partial charge is 0.394 e. The van der Waals surface area contributed by atoms with Gasteiger partial charge < -0.3 is 218 Å². The fraction of sp³-hybridized carbons (Fsp3) is 0.966. The summed E-state index contributed by atoms with van der Waals surface area (Å²) in [7, 11) is 1.08. The maximum Gasteiger partial charge on any atom is 0.217 e. The molecular weight excluding hydrogens is 1440 g/mol. The summed E-state index contributed by atoms with van der Waals surface area (Å²) in [5.41, 5.74) is 0. The molecule has 0 aromatic carbocycles. The first-order valence-corrected chi connectivity index (χ1v) is 33.7. The van der Waals surface area contributed by atoms with Gasteiger partial charge in [-0.05, 0) is 13.8 Å². The lowest BCUT2D eigenvalue weighted by Crippen LogP contribution is -2.71. The summed E-state index contributed by atoms with van der Waals surface area (Å²) in [6.45, 7) is -2.79. The minimum absolute atomic E-state index is 0.834. The van der Waals surface area contributed by atoms with Gasteiger partial charge >= 0.3 is 0 Å². The Balaban J connectivity index is 1.15. The number of ether oxygens (including phenoxy) is 18. The minimum atomic E-state index is -2.53. The molecule has 610 valence electrons. The van der Waals surface area contributed by atoms with Crippen molar-refractivity contribution in [3.05, 3.63) is 0 Å². The first-order chi connectivity index (χ1) is 49.6. The smallest absolute Gasteiger partial charge is 0.217 e. The van der Waals surface area contributed by atoms with Gasteiger partial charge in [0.1, 0.15) is 207 Å². The second-order valence-corrected chi connectivity index (χ2v) is 26.9. The Morgan fingerprint density at radius 1 is 0.286 bits per heavy atom. The van der Waals surface area contributed by atoms with Crippen LogP contribution < -0.4 is 10.6 Å². The average Bonchev–Trinajstić information content (AvgIpc) is 0.760. The molecule has 45 atom stereocenters. The minimum Gasteiger partial charge on any atom is -0.394 e. The van der Waals surface area contributed by atoms with Crippen LogP contribution in [0.5, 0.6) is 0 Å². The third-order valence-corrected chi connectivity index (χ3v) is 19.7. The van der Waals surface area contributed by atoms with E-state index >= 15 is 0 Å². The first-order valence-electron chi connectivity index (χ1n) is 33.7. The molecule has 105 heavy (non-hydrogen) atoms. The van der Waals surface area contributed by atoms with Crippen molar-refractivity contribution >= 4 is 11.8 Å². The monoisotopic (exact) mass is 1540 g/mol. The highest BCUT2D eigenvalue weighted by Gasteiger charge is 2.61. The van der Waals surface area contributed by atoms with E-state index in [1.54, 1.807) is 0 Å². The fourth-order valence-corrected chi connectivity index (χ4v) is 13.5. The summed E-state index contributed by atoms with van der Waals surface area (Å²) >= 11 is 0. The van der Waals surface area contributed by atoms with Gasteiger partial charge in [-0.2, -0.15) is 0 Å². The van der Waals surface area contributed by atoms with Crippen LogP contribution in [-0.4, -0.2) is 464 Å². The van der Waals surface area contributed by atoms with Gasteiger partial charge in [0.2, 0.25) is 11.8 Å². The molecule has 0 aromatic rings. The molecule has 26 N–H and O–H groups in total. The maximum absolute atomic E-state index is 13.6. The summed E-state index contributed by atoms with van der Waals surface area (Å²) in [4.78, 5) is 26.0. The summed E-state index contributed by atoms with van der Waals surface area (Å²) in [6, 6.07) is -3.83. The second kappa shape index (κ2) is 37.3. The Bertz CT molecular complexity index is 2690. The number of aliphatic hydroxyl groups is 24. The van der Waals surface area contributed by atoms with Crippen LogP contribution in [0.3, 0.4) is 0 Å². The topological polar surface area (TPSA) is 710 Å². The average molecular weight is 1540 g/mol. The van der Waals surface area contributed by atoms with Crippen LogP contribution in [0, 0.1) is 0 Å². The van der Waals surface area contributed by atoms with Crippen LogP contribution in [0.2, 0.25) is 0 Å². The van der Waals surface area contributed by atoms with Crippen LogP contribution >= 0.6 is 0 Å². The van der Waals surface area contributed by atoms with Gasteiger partial charge in [-0.1, -0.05) is 0 Å². The van der Waals surface area contributed by atoms with Crippen molar-refractivity contribution in [3.8, 4) is 0 Å². The highest BCUT2D eigenvalue weighted by molar-refractivity contribution is 5.73. The molecule has 0 unspecified atom stereocenters. The van der Waals surface area contributed by atoms with Gasteiger partial charge in [0.25, 0.3) is 0 Å². The molecule has 0 saturated carbocycles. The highest BCUT2D eigenvalue weighted by atomic mass is 16.8. The van der Waals surface area contributed by atoms with Crippen molar-refractivity contribution in [2.45, 2.75) is 304 Å². The van der Waals surface area contributed by atoms with Crippen LogP contribution in [-0.2, 0) is 94.9 Å². The van der Waals surface area contributed by atoms with Crippen molar-refractivity contribution in [3.63, 3.8) is 0 Å². The molecule has 9 heterocycles. The Morgan fingerprint density at radius 3 is 1.11 bits per heavy atom. The Hall–Kier alpha value is -2.74. The maximum atomic E-state index is 13.6. The van der Waals surface area contributed by atoms with Crippen molar-refractivity contribution in [1.82, 2.24) is 10.6 Å². The van der Waals surface area contributed by atoms with Crippen molar-refractivity contribution in [1.29, 1.82) is 0 Å². The molecule has 9 rings (SSSR count). The molecule has 0 bridgehead atoms. The van der Waals surface area contributed by atoms with E-state index in [1.807, 2.05) is 0 Å². The molecule has 0 radical (unpaired) electrons. The zero-order chi connectivity index (χ0) is 77.2. The number of carbonyl (C=O) groups is 2. The van der Waals surface area contributed by atoms with Crippen molar-refractivity contribution in [2.75, 3.05) is 53.4 Å². The predicted molar refractivity (Wildman–Crippen MR) is 322 cm³/mol. The summed E-state index contributed by atoms with van der Waals surface area (Å²) < 4.78 is 108. The molecule has 46 heteroatoms. The van der Waals surface area contributed by atoms with Gasteiger partial charge in [-0.25, -0.2) is 0 Å². The highest BCUT2D eigenvalue weighted by Crippen LogP contribution is 2.40. The van der Waals surface area contributed by atoms with E-state index in [-0.39, 0.29) is 0 Å². The SMILES string of the molecule is CO[C@@H]1[C@H](O[C@H]2[C@H](OC[C@H]3O[C@@H](O[C@H]4[C@@H](O)[C@@H](CO[C@@H]5O[C@H](CO)[C@@H](O)[C@H](O)[C@H]5O)O[C@@H](O[C@H]5[C@H](O)[C@@H](NC(C)=O)[C@@H](O)O[C@@H]5CO)[C@H]4NC(C)=O)[C@H](O[C@@H]4O[C@@H](C)[C@@H](O)[C@@H](O)[C@@H]4O)[C@@H](O[C@@H]4O[C@H](CO)[C@H](O)[C@H](O)[C@H]4O)[C@H]3O)O[C@H](CO[C@@H]3O[C@H](CO)[C@H](O)[C@H](O)[C@H]3O)[C@H](O)[C@@H]2O)O[C@@H](C)[C@@H](O)[C@H]1O. The zero-order valence-corrected chi connectivity index (χ0v) is 56.8. The molecule has 0 aliphatic carbocycles. The van der Waals surface area contributed by atoms with Crippen LogP contribution in [0.4, 0.5) is 0 Å². The van der Waals surface area contributed by atoms with Crippen molar-refractivity contribution < 1.29 is 217 Å². The number of nitrogens with one attached hydrogen (secondary N) is 2. The summed E-state index contributed by atoms with van der Waals surface area (Å²) in [5.74, 6) is -1.86. The van der Waals surface area contributed by atoms with E-state index in [1.165, 1.54) is 13.8 Å². The second-order valence-electron chi connectivity index (χ2n) is 26.9. The predicted octanol–water partition coefficient (Wildman–Crippen LogP) is -17.6. The van der Waals surface area contributed by atoms with E-state index in [4.69, 9.17) is 85.3 Å². The Kier molecular flexibility index (Phi) is 30.6. The number of amides is 2. The molecule has 0 spiro atoms. The van der Waals surface area contributed by atoms with Gasteiger partial charge in [0.15, 0.2) is 56.6 Å². The Labute approximate surface area is 595 Å². The summed E-state index contributed by atoms with van der Waals surface area (Å²) in [6.07, 6.45) is -86.9. The quantitative estimate of drug-likeness (QED) is 0.0382. The normalized spacial score (nSPS) is 51.5. The van der Waals surface area contributed by atoms with E-state index in [9.17, 15) is 132 Å². The van der Waals surface area contributed by atoms with Gasteiger partial charge in [-0.15, -0.1) is 0 Å². The van der Waals surface area contributed by atoms with Crippen LogP contribution in [0.25, 0.3) is 0 Å². The lowest BCUT2D eigenvalue weighted by molar-refractivity contribution is -0.408. The zero-order valence-electron chi connectivity index (χ0n) is 56.8. The van der Waals surface area contributed by atoms with Crippen LogP contribution in [0.1, 0.15) is 27.7 Å². The van der Waals surface area contributed by atoms with E-state index in [0.717, 1.165) is 21.0 Å². The number of hydrogen-bond acceptors (Lipinski definition) is 44.